The molecule has 0 aliphatic carbocycles. The summed E-state index contributed by atoms with van der Waals surface area (Å²) in [5.41, 5.74) is 1.08. The first-order valence-electron chi connectivity index (χ1n) is 6.28. The van der Waals surface area contributed by atoms with Crippen molar-refractivity contribution in [3.05, 3.63) is 28.5 Å². The summed E-state index contributed by atoms with van der Waals surface area (Å²) in [6.07, 6.45) is 3.79. The predicted octanol–water partition coefficient (Wildman–Crippen LogP) is 1.85. The summed E-state index contributed by atoms with van der Waals surface area (Å²) in [5.74, 6) is 0.850. The first-order chi connectivity index (χ1) is 9.19. The zero-order chi connectivity index (χ0) is 13.7. The van der Waals surface area contributed by atoms with Crippen LogP contribution in [0.1, 0.15) is 5.69 Å². The van der Waals surface area contributed by atoms with Crippen LogP contribution in [0.25, 0.3) is 0 Å². The molecule has 0 radical (unpaired) electrons. The molecule has 6 heteroatoms. The van der Waals surface area contributed by atoms with Gasteiger partial charge in [-0.25, -0.2) is 0 Å². The minimum Gasteiger partial charge on any atom is -0.339 e. The van der Waals surface area contributed by atoms with Gasteiger partial charge in [0.25, 0.3) is 0 Å². The smallest absolute Gasteiger partial charge is 0.232 e. The fourth-order valence-corrected chi connectivity index (χ4v) is 2.76. The van der Waals surface area contributed by atoms with E-state index in [9.17, 15) is 4.79 Å². The van der Waals surface area contributed by atoms with Crippen molar-refractivity contribution in [1.29, 1.82) is 0 Å². The van der Waals surface area contributed by atoms with Crippen LogP contribution in [-0.4, -0.2) is 58.9 Å². The molecular weight excluding hydrogens is 326 g/mol. The highest BCUT2D eigenvalue weighted by atomic mass is 79.9. The van der Waals surface area contributed by atoms with Gasteiger partial charge in [-0.3, -0.25) is 14.7 Å². The standard InChI is InChI=1S/C13H18BrN3OS/c1-19-10-13(18)17-6-4-16(5-7-17)9-12-3-2-11(14)8-15-12/h2-3,8H,4-7,9-10H2,1H3. The Morgan fingerprint density at radius 2 is 2.11 bits per heavy atom. The Morgan fingerprint density at radius 1 is 1.37 bits per heavy atom. The van der Waals surface area contributed by atoms with E-state index in [1.54, 1.807) is 11.8 Å². The quantitative estimate of drug-likeness (QED) is 0.835. The largest absolute Gasteiger partial charge is 0.339 e. The Kier molecular flexibility index (Phi) is 5.66. The minimum atomic E-state index is 0.258. The second kappa shape index (κ2) is 7.26. The Hall–Kier alpha value is -0.590. The fraction of sp³-hybridized carbons (Fsp3) is 0.538. The summed E-state index contributed by atoms with van der Waals surface area (Å²) in [5, 5.41) is 0. The van der Waals surface area contributed by atoms with E-state index in [-0.39, 0.29) is 5.91 Å². The average molecular weight is 344 g/mol. The lowest BCUT2D eigenvalue weighted by molar-refractivity contribution is -0.130. The van der Waals surface area contributed by atoms with Gasteiger partial charge in [-0.05, 0) is 34.3 Å². The van der Waals surface area contributed by atoms with Crippen LogP contribution in [0.5, 0.6) is 0 Å². The van der Waals surface area contributed by atoms with Gasteiger partial charge in [-0.1, -0.05) is 0 Å². The van der Waals surface area contributed by atoms with Crippen LogP contribution < -0.4 is 0 Å². The molecule has 0 N–H and O–H groups in total. The second-order valence-electron chi connectivity index (χ2n) is 4.56. The lowest BCUT2D eigenvalue weighted by Crippen LogP contribution is -2.48. The van der Waals surface area contributed by atoms with Gasteiger partial charge in [-0.15, -0.1) is 0 Å². The molecule has 4 nitrogen and oxygen atoms in total. The number of rotatable bonds is 4. The maximum Gasteiger partial charge on any atom is 0.232 e. The Bertz CT molecular complexity index is 418. The molecule has 1 aromatic heterocycles. The number of aromatic nitrogens is 1. The number of halogens is 1. The number of nitrogens with zero attached hydrogens (tertiary/aromatic N) is 3. The van der Waals surface area contributed by atoms with Crippen molar-refractivity contribution in [1.82, 2.24) is 14.8 Å². The Labute approximate surface area is 126 Å². The topological polar surface area (TPSA) is 36.4 Å². The van der Waals surface area contributed by atoms with Crippen molar-refractivity contribution < 1.29 is 4.79 Å². The van der Waals surface area contributed by atoms with Gasteiger partial charge in [0.05, 0.1) is 11.4 Å². The monoisotopic (exact) mass is 343 g/mol. The number of amides is 1. The Balaban J connectivity index is 1.80. The molecule has 1 aliphatic rings. The highest BCUT2D eigenvalue weighted by molar-refractivity contribution is 9.10. The van der Waals surface area contributed by atoms with Gasteiger partial charge < -0.3 is 4.90 Å². The van der Waals surface area contributed by atoms with Gasteiger partial charge in [0, 0.05) is 43.4 Å². The van der Waals surface area contributed by atoms with Crippen LogP contribution in [0.3, 0.4) is 0 Å². The molecule has 0 saturated carbocycles. The average Bonchev–Trinajstić information content (AvgIpc) is 2.42. The number of piperazine rings is 1. The van der Waals surface area contributed by atoms with Crippen LogP contribution in [0.2, 0.25) is 0 Å². The molecule has 2 rings (SSSR count). The van der Waals surface area contributed by atoms with Crippen molar-refractivity contribution in [2.24, 2.45) is 0 Å². The van der Waals surface area contributed by atoms with Crippen molar-refractivity contribution in [3.8, 4) is 0 Å². The molecule has 2 heterocycles. The normalized spacial score (nSPS) is 16.6. The van der Waals surface area contributed by atoms with Crippen LogP contribution in [0.4, 0.5) is 0 Å². The molecule has 19 heavy (non-hydrogen) atoms. The minimum absolute atomic E-state index is 0.258. The molecule has 0 unspecified atom stereocenters. The third-order valence-electron chi connectivity index (χ3n) is 3.17. The van der Waals surface area contributed by atoms with Crippen molar-refractivity contribution in [2.75, 3.05) is 38.2 Å². The zero-order valence-corrected chi connectivity index (χ0v) is 13.4. The number of pyridine rings is 1. The van der Waals surface area contributed by atoms with Gasteiger partial charge in [0.2, 0.25) is 5.91 Å². The summed E-state index contributed by atoms with van der Waals surface area (Å²) < 4.78 is 1.00. The van der Waals surface area contributed by atoms with Crippen molar-refractivity contribution in [3.63, 3.8) is 0 Å². The molecular formula is C13H18BrN3OS. The molecule has 0 aromatic carbocycles. The van der Waals surface area contributed by atoms with Gasteiger partial charge in [-0.2, -0.15) is 11.8 Å². The molecule has 0 spiro atoms. The number of hydrogen-bond acceptors (Lipinski definition) is 4. The molecule has 1 amide bonds. The first-order valence-corrected chi connectivity index (χ1v) is 8.47. The SMILES string of the molecule is CSCC(=O)N1CCN(Cc2ccc(Br)cn2)CC1. The molecule has 0 bridgehead atoms. The van der Waals surface area contributed by atoms with E-state index in [1.807, 2.05) is 29.5 Å². The summed E-state index contributed by atoms with van der Waals surface area (Å²) in [7, 11) is 0. The van der Waals surface area contributed by atoms with Crippen LogP contribution in [-0.2, 0) is 11.3 Å². The van der Waals surface area contributed by atoms with Gasteiger partial charge >= 0.3 is 0 Å². The van der Waals surface area contributed by atoms with Crippen LogP contribution in [0, 0.1) is 0 Å². The summed E-state index contributed by atoms with van der Waals surface area (Å²) >= 11 is 4.98. The second-order valence-corrected chi connectivity index (χ2v) is 6.34. The zero-order valence-electron chi connectivity index (χ0n) is 11.0. The highest BCUT2D eigenvalue weighted by Crippen LogP contribution is 2.11. The summed E-state index contributed by atoms with van der Waals surface area (Å²) in [6, 6.07) is 4.05. The molecule has 1 aromatic rings. The van der Waals surface area contributed by atoms with Gasteiger partial charge in [0.1, 0.15) is 0 Å². The number of thioether (sulfide) groups is 1. The van der Waals surface area contributed by atoms with E-state index in [4.69, 9.17) is 0 Å². The van der Waals surface area contributed by atoms with Crippen LogP contribution >= 0.6 is 27.7 Å². The van der Waals surface area contributed by atoms with E-state index in [0.717, 1.165) is 42.9 Å². The molecule has 0 atom stereocenters. The van der Waals surface area contributed by atoms with Crippen molar-refractivity contribution >= 4 is 33.6 Å². The molecule has 104 valence electrons. The van der Waals surface area contributed by atoms with E-state index in [0.29, 0.717) is 5.75 Å². The third-order valence-corrected chi connectivity index (χ3v) is 4.17. The summed E-state index contributed by atoms with van der Waals surface area (Å²) in [6.45, 7) is 4.37. The van der Waals surface area contributed by atoms with E-state index in [1.165, 1.54) is 0 Å². The van der Waals surface area contributed by atoms with Crippen molar-refractivity contribution in [2.45, 2.75) is 6.54 Å². The Morgan fingerprint density at radius 3 is 2.68 bits per heavy atom. The highest BCUT2D eigenvalue weighted by Gasteiger charge is 2.20. The van der Waals surface area contributed by atoms with E-state index < -0.39 is 0 Å². The van der Waals surface area contributed by atoms with Crippen LogP contribution in [0.15, 0.2) is 22.8 Å². The van der Waals surface area contributed by atoms with E-state index in [2.05, 4.69) is 25.8 Å². The maximum atomic E-state index is 11.8. The molecule has 1 fully saturated rings. The first kappa shape index (κ1) is 14.8. The number of carbonyl (C=O) groups excluding carboxylic acids is 1. The predicted molar refractivity (Wildman–Crippen MR) is 82.2 cm³/mol. The maximum absolute atomic E-state index is 11.8. The third kappa shape index (κ3) is 4.47. The molecule has 1 saturated heterocycles. The lowest BCUT2D eigenvalue weighted by Gasteiger charge is -2.34. The number of carbonyl (C=O) groups is 1. The molecule has 1 aliphatic heterocycles. The van der Waals surface area contributed by atoms with E-state index >= 15 is 0 Å². The number of hydrogen-bond donors (Lipinski definition) is 0. The van der Waals surface area contributed by atoms with Gasteiger partial charge in [0.15, 0.2) is 0 Å². The summed E-state index contributed by atoms with van der Waals surface area (Å²) in [4.78, 5) is 20.5. The lowest BCUT2D eigenvalue weighted by atomic mass is 10.2. The fourth-order valence-electron chi connectivity index (χ4n) is 2.10.